The van der Waals surface area contributed by atoms with E-state index < -0.39 is 0 Å². The van der Waals surface area contributed by atoms with E-state index in [0.717, 1.165) is 27.8 Å². The fraction of sp³-hybridized carbons (Fsp3) is 0.214. The smallest absolute Gasteiger partial charge is 0.140 e. The molecule has 4 aromatic rings. The van der Waals surface area contributed by atoms with Crippen LogP contribution in [0, 0.1) is 0 Å². The monoisotopic (exact) mass is 396 g/mol. The predicted octanol–water partition coefficient (Wildman–Crippen LogP) is 7.65. The minimum atomic E-state index is 0.119. The third-order valence-corrected chi connectivity index (χ3v) is 5.27. The average Bonchev–Trinajstić information content (AvgIpc) is 2.75. The molecule has 0 atom stereocenters. The number of hydrogen-bond acceptors (Lipinski definition) is 2. The Kier molecular flexibility index (Phi) is 5.87. The van der Waals surface area contributed by atoms with Crippen LogP contribution in [-0.4, -0.2) is 0 Å². The first kappa shape index (κ1) is 20.2. The molecule has 4 rings (SSSR count). The van der Waals surface area contributed by atoms with Gasteiger partial charge in [0.1, 0.15) is 11.5 Å². The highest BCUT2D eigenvalue weighted by molar-refractivity contribution is 5.89. The van der Waals surface area contributed by atoms with Crippen LogP contribution in [0.25, 0.3) is 10.8 Å². The van der Waals surface area contributed by atoms with E-state index in [0.29, 0.717) is 13.2 Å². The Hall–Kier alpha value is -3.10. The van der Waals surface area contributed by atoms with E-state index in [2.05, 4.69) is 87.5 Å². The second-order valence-corrected chi connectivity index (χ2v) is 8.63. The van der Waals surface area contributed by atoms with Gasteiger partial charge in [0.05, 0.1) is 13.2 Å². The quantitative estimate of drug-likeness (QED) is 0.333. The van der Waals surface area contributed by atoms with Gasteiger partial charge in [-0.15, -0.1) is 0 Å². The van der Waals surface area contributed by atoms with Gasteiger partial charge in [-0.1, -0.05) is 99.6 Å². The van der Waals surface area contributed by atoms with Gasteiger partial charge in [0.15, 0.2) is 0 Å². The van der Waals surface area contributed by atoms with Gasteiger partial charge in [0.2, 0.25) is 0 Å². The van der Waals surface area contributed by atoms with Crippen LogP contribution in [0.4, 0.5) is 0 Å². The van der Waals surface area contributed by atoms with E-state index in [1.54, 1.807) is 0 Å². The molecule has 0 saturated heterocycles. The molecule has 0 saturated carbocycles. The molecule has 0 heterocycles. The summed E-state index contributed by atoms with van der Waals surface area (Å²) in [6.07, 6.45) is 0. The molecule has 0 aliphatic heterocycles. The fourth-order valence-electron chi connectivity index (χ4n) is 3.52. The summed E-state index contributed by atoms with van der Waals surface area (Å²) in [6, 6.07) is 31.2. The van der Waals surface area contributed by atoms with Crippen molar-refractivity contribution >= 4 is 10.8 Å². The summed E-state index contributed by atoms with van der Waals surface area (Å²) in [5.41, 5.74) is 3.62. The molecule has 4 aromatic carbocycles. The Bertz CT molecular complexity index is 1110. The van der Waals surface area contributed by atoms with Crippen LogP contribution in [0.15, 0.2) is 91.0 Å². The minimum absolute atomic E-state index is 0.119. The number of rotatable bonds is 6. The molecule has 0 bridgehead atoms. The highest BCUT2D eigenvalue weighted by Crippen LogP contribution is 2.35. The van der Waals surface area contributed by atoms with Crippen LogP contribution >= 0.6 is 0 Å². The Labute approximate surface area is 179 Å². The molecule has 0 N–H and O–H groups in total. The summed E-state index contributed by atoms with van der Waals surface area (Å²) in [6.45, 7) is 7.73. The van der Waals surface area contributed by atoms with E-state index in [4.69, 9.17) is 9.47 Å². The lowest BCUT2D eigenvalue weighted by Crippen LogP contribution is -2.10. The van der Waals surface area contributed by atoms with Crippen LogP contribution in [0.1, 0.15) is 37.5 Å². The molecule has 0 amide bonds. The van der Waals surface area contributed by atoms with E-state index >= 15 is 0 Å². The lowest BCUT2D eigenvalue weighted by molar-refractivity contribution is 0.106. The standard InChI is InChI=1S/C28H28O2/c1-28(2,3)24-15-17-25(18-16-24)30-27-23(14-13-22-11-7-8-12-26(22)27)20-29-19-21-9-5-4-6-10-21/h4-18H,19-20H2,1-3H3. The van der Waals surface area contributed by atoms with Gasteiger partial charge in [-0.25, -0.2) is 0 Å². The summed E-state index contributed by atoms with van der Waals surface area (Å²) in [7, 11) is 0. The van der Waals surface area contributed by atoms with Crippen molar-refractivity contribution in [3.63, 3.8) is 0 Å². The normalized spacial score (nSPS) is 11.6. The second-order valence-electron chi connectivity index (χ2n) is 8.63. The maximum Gasteiger partial charge on any atom is 0.140 e. The van der Waals surface area contributed by atoms with Crippen LogP contribution in [-0.2, 0) is 23.4 Å². The molecule has 0 aliphatic rings. The van der Waals surface area contributed by atoms with Gasteiger partial charge in [-0.2, -0.15) is 0 Å². The first-order valence-corrected chi connectivity index (χ1v) is 10.4. The van der Waals surface area contributed by atoms with Crippen molar-refractivity contribution in [2.75, 3.05) is 0 Å². The molecule has 152 valence electrons. The number of benzene rings is 4. The van der Waals surface area contributed by atoms with Crippen molar-refractivity contribution in [3.05, 3.63) is 108 Å². The molecule has 0 fully saturated rings. The second kappa shape index (κ2) is 8.73. The Morgan fingerprint density at radius 2 is 1.37 bits per heavy atom. The lowest BCUT2D eigenvalue weighted by atomic mass is 9.87. The molecular weight excluding hydrogens is 368 g/mol. The highest BCUT2D eigenvalue weighted by Gasteiger charge is 2.14. The van der Waals surface area contributed by atoms with Crippen molar-refractivity contribution in [1.29, 1.82) is 0 Å². The summed E-state index contributed by atoms with van der Waals surface area (Å²) in [4.78, 5) is 0. The fourth-order valence-corrected chi connectivity index (χ4v) is 3.52. The summed E-state index contributed by atoms with van der Waals surface area (Å²) < 4.78 is 12.4. The SMILES string of the molecule is CC(C)(C)c1ccc(Oc2c(COCc3ccccc3)ccc3ccccc23)cc1. The topological polar surface area (TPSA) is 18.5 Å². The minimum Gasteiger partial charge on any atom is -0.456 e. The van der Waals surface area contributed by atoms with Gasteiger partial charge >= 0.3 is 0 Å². The van der Waals surface area contributed by atoms with Crippen LogP contribution in [0.3, 0.4) is 0 Å². The van der Waals surface area contributed by atoms with Crippen LogP contribution in [0.5, 0.6) is 11.5 Å². The van der Waals surface area contributed by atoms with Crippen molar-refractivity contribution in [2.24, 2.45) is 0 Å². The summed E-state index contributed by atoms with van der Waals surface area (Å²) in [5.74, 6) is 1.70. The molecule has 0 radical (unpaired) electrons. The first-order chi connectivity index (χ1) is 14.5. The predicted molar refractivity (Wildman–Crippen MR) is 124 cm³/mol. The molecule has 2 nitrogen and oxygen atoms in total. The van der Waals surface area contributed by atoms with Crippen molar-refractivity contribution in [1.82, 2.24) is 0 Å². The van der Waals surface area contributed by atoms with E-state index in [1.807, 2.05) is 24.3 Å². The molecular formula is C28H28O2. The van der Waals surface area contributed by atoms with Gasteiger partial charge < -0.3 is 9.47 Å². The Morgan fingerprint density at radius 3 is 2.10 bits per heavy atom. The van der Waals surface area contributed by atoms with E-state index in [9.17, 15) is 0 Å². The number of hydrogen-bond donors (Lipinski definition) is 0. The molecule has 0 spiro atoms. The highest BCUT2D eigenvalue weighted by atomic mass is 16.5. The van der Waals surface area contributed by atoms with Crippen LogP contribution < -0.4 is 4.74 Å². The molecule has 30 heavy (non-hydrogen) atoms. The van der Waals surface area contributed by atoms with E-state index in [-0.39, 0.29) is 5.41 Å². The van der Waals surface area contributed by atoms with Gasteiger partial charge in [-0.3, -0.25) is 0 Å². The number of fused-ring (bicyclic) bond motifs is 1. The first-order valence-electron chi connectivity index (χ1n) is 10.4. The Balaban J connectivity index is 1.60. The van der Waals surface area contributed by atoms with Crippen molar-refractivity contribution < 1.29 is 9.47 Å². The molecule has 0 aliphatic carbocycles. The lowest BCUT2D eigenvalue weighted by Gasteiger charge is -2.20. The molecule has 0 aromatic heterocycles. The van der Waals surface area contributed by atoms with Gasteiger partial charge in [0, 0.05) is 10.9 Å². The number of ether oxygens (including phenoxy) is 2. The third-order valence-electron chi connectivity index (χ3n) is 5.27. The van der Waals surface area contributed by atoms with Gasteiger partial charge in [0.25, 0.3) is 0 Å². The van der Waals surface area contributed by atoms with Gasteiger partial charge in [-0.05, 0) is 34.1 Å². The third kappa shape index (κ3) is 4.72. The Morgan fingerprint density at radius 1 is 0.667 bits per heavy atom. The summed E-state index contributed by atoms with van der Waals surface area (Å²) >= 11 is 0. The summed E-state index contributed by atoms with van der Waals surface area (Å²) in [5, 5.41) is 2.25. The van der Waals surface area contributed by atoms with E-state index in [1.165, 1.54) is 11.1 Å². The van der Waals surface area contributed by atoms with Crippen molar-refractivity contribution in [2.45, 2.75) is 39.4 Å². The molecule has 0 unspecified atom stereocenters. The molecule has 2 heteroatoms. The maximum atomic E-state index is 6.41. The average molecular weight is 397 g/mol. The van der Waals surface area contributed by atoms with Crippen LogP contribution in [0.2, 0.25) is 0 Å². The zero-order valence-electron chi connectivity index (χ0n) is 17.9. The largest absolute Gasteiger partial charge is 0.456 e. The maximum absolute atomic E-state index is 6.41. The zero-order valence-corrected chi connectivity index (χ0v) is 17.9. The zero-order chi connectivity index (χ0) is 21.0. The van der Waals surface area contributed by atoms with Crippen molar-refractivity contribution in [3.8, 4) is 11.5 Å².